The Balaban J connectivity index is 1.29. The van der Waals surface area contributed by atoms with Gasteiger partial charge >= 0.3 is 5.97 Å². The van der Waals surface area contributed by atoms with Crippen LogP contribution in [0.15, 0.2) is 54.6 Å². The summed E-state index contributed by atoms with van der Waals surface area (Å²) in [6.07, 6.45) is 1.09. The van der Waals surface area contributed by atoms with Crippen LogP contribution in [-0.2, 0) is 14.3 Å². The van der Waals surface area contributed by atoms with Crippen LogP contribution >= 0.6 is 0 Å². The Morgan fingerprint density at radius 2 is 1.69 bits per heavy atom. The second-order valence-electron chi connectivity index (χ2n) is 8.52. The van der Waals surface area contributed by atoms with Crippen molar-refractivity contribution in [2.45, 2.75) is 26.7 Å². The van der Waals surface area contributed by atoms with Gasteiger partial charge in [0.15, 0.2) is 6.61 Å². The number of carbonyl (C=O) groups is 3. The van der Waals surface area contributed by atoms with E-state index in [0.717, 1.165) is 5.69 Å². The summed E-state index contributed by atoms with van der Waals surface area (Å²) in [5, 5.41) is 7.27. The Bertz CT molecular complexity index is 1220. The van der Waals surface area contributed by atoms with Gasteiger partial charge in [0, 0.05) is 24.7 Å². The Labute approximate surface area is 202 Å². The first-order chi connectivity index (χ1) is 16.8. The summed E-state index contributed by atoms with van der Waals surface area (Å²) in [4.78, 5) is 39.5. The van der Waals surface area contributed by atoms with Crippen molar-refractivity contribution in [3.8, 4) is 5.69 Å². The number of aromatic nitrogens is 2. The van der Waals surface area contributed by atoms with Gasteiger partial charge in [-0.2, -0.15) is 5.10 Å². The second-order valence-corrected chi connectivity index (χ2v) is 8.52. The standard InChI is InChI=1S/C26H27FN4O4/c1-17-24(18(2)31(29-17)22-10-8-20(27)9-11-22)26(34)35-16-23(32)30-14-12-19(13-15-30)25(33)28-21-6-4-3-5-7-21/h3-11,19H,12-16H2,1-2H3,(H,28,33). The third-order valence-corrected chi connectivity index (χ3v) is 6.15. The summed E-state index contributed by atoms with van der Waals surface area (Å²) < 4.78 is 20.1. The molecule has 3 aromatic rings. The minimum absolute atomic E-state index is 0.0566. The first-order valence-electron chi connectivity index (χ1n) is 11.5. The van der Waals surface area contributed by atoms with Crippen LogP contribution in [0.4, 0.5) is 10.1 Å². The van der Waals surface area contributed by atoms with E-state index < -0.39 is 5.97 Å². The molecule has 1 aromatic heterocycles. The van der Waals surface area contributed by atoms with Crippen molar-refractivity contribution in [3.63, 3.8) is 0 Å². The molecule has 9 heteroatoms. The lowest BCUT2D eigenvalue weighted by molar-refractivity contribution is -0.137. The van der Waals surface area contributed by atoms with Crippen molar-refractivity contribution >= 4 is 23.5 Å². The molecule has 0 radical (unpaired) electrons. The smallest absolute Gasteiger partial charge is 0.342 e. The normalized spacial score (nSPS) is 14.0. The Morgan fingerprint density at radius 1 is 1.03 bits per heavy atom. The zero-order valence-corrected chi connectivity index (χ0v) is 19.7. The molecule has 8 nitrogen and oxygen atoms in total. The number of anilines is 1. The number of para-hydroxylation sites is 1. The SMILES string of the molecule is Cc1nn(-c2ccc(F)cc2)c(C)c1C(=O)OCC(=O)N1CCC(C(=O)Nc2ccccc2)CC1. The number of nitrogens with one attached hydrogen (secondary N) is 1. The number of esters is 1. The van der Waals surface area contributed by atoms with E-state index >= 15 is 0 Å². The molecule has 0 bridgehead atoms. The summed E-state index contributed by atoms with van der Waals surface area (Å²) in [6, 6.07) is 15.0. The fourth-order valence-electron chi connectivity index (χ4n) is 4.22. The lowest BCUT2D eigenvalue weighted by atomic mass is 9.95. The number of benzene rings is 2. The summed E-state index contributed by atoms with van der Waals surface area (Å²) in [5.41, 5.74) is 2.63. The fraction of sp³-hybridized carbons (Fsp3) is 0.308. The molecule has 4 rings (SSSR count). The van der Waals surface area contributed by atoms with Crippen molar-refractivity contribution in [2.75, 3.05) is 25.0 Å². The highest BCUT2D eigenvalue weighted by Gasteiger charge is 2.28. The van der Waals surface area contributed by atoms with Gasteiger partial charge in [0.05, 0.1) is 17.1 Å². The number of hydrogen-bond donors (Lipinski definition) is 1. The fourth-order valence-corrected chi connectivity index (χ4v) is 4.22. The molecule has 1 aliphatic heterocycles. The lowest BCUT2D eigenvalue weighted by Crippen LogP contribution is -2.43. The molecule has 1 aliphatic rings. The van der Waals surface area contributed by atoms with E-state index in [4.69, 9.17) is 4.74 Å². The number of amides is 2. The minimum Gasteiger partial charge on any atom is -0.452 e. The van der Waals surface area contributed by atoms with E-state index in [0.29, 0.717) is 43.0 Å². The van der Waals surface area contributed by atoms with Gasteiger partial charge in [-0.05, 0) is 63.1 Å². The Hall–Kier alpha value is -4.01. The van der Waals surface area contributed by atoms with E-state index in [2.05, 4.69) is 10.4 Å². The average molecular weight is 479 g/mol. The van der Waals surface area contributed by atoms with Crippen LogP contribution in [0.5, 0.6) is 0 Å². The third kappa shape index (κ3) is 5.56. The van der Waals surface area contributed by atoms with Gasteiger partial charge < -0.3 is 15.0 Å². The summed E-state index contributed by atoms with van der Waals surface area (Å²) in [7, 11) is 0. The van der Waals surface area contributed by atoms with Gasteiger partial charge in [0.25, 0.3) is 5.91 Å². The van der Waals surface area contributed by atoms with Crippen LogP contribution in [0.25, 0.3) is 5.69 Å². The molecule has 2 aromatic carbocycles. The maximum Gasteiger partial charge on any atom is 0.342 e. The molecule has 2 amide bonds. The van der Waals surface area contributed by atoms with Gasteiger partial charge in [-0.3, -0.25) is 9.59 Å². The lowest BCUT2D eigenvalue weighted by Gasteiger charge is -2.31. The third-order valence-electron chi connectivity index (χ3n) is 6.15. The molecule has 1 saturated heterocycles. The molecule has 2 heterocycles. The van der Waals surface area contributed by atoms with Gasteiger partial charge in [-0.1, -0.05) is 18.2 Å². The first kappa shape index (κ1) is 24.1. The number of nitrogens with zero attached hydrogens (tertiary/aromatic N) is 3. The van der Waals surface area contributed by atoms with Crippen molar-refractivity contribution in [3.05, 3.63) is 77.4 Å². The van der Waals surface area contributed by atoms with Crippen molar-refractivity contribution in [2.24, 2.45) is 5.92 Å². The highest BCUT2D eigenvalue weighted by Crippen LogP contribution is 2.21. The van der Waals surface area contributed by atoms with Crippen molar-refractivity contribution in [1.82, 2.24) is 14.7 Å². The van der Waals surface area contributed by atoms with Crippen LogP contribution in [0.1, 0.15) is 34.6 Å². The summed E-state index contributed by atoms with van der Waals surface area (Å²) >= 11 is 0. The number of aryl methyl sites for hydroxylation is 1. The number of likely N-dealkylation sites (tertiary alicyclic amines) is 1. The number of hydrogen-bond acceptors (Lipinski definition) is 5. The zero-order chi connectivity index (χ0) is 24.9. The zero-order valence-electron chi connectivity index (χ0n) is 19.7. The molecule has 0 aliphatic carbocycles. The quantitative estimate of drug-likeness (QED) is 0.546. The number of piperidine rings is 1. The summed E-state index contributed by atoms with van der Waals surface area (Å²) in [6.45, 7) is 3.84. The summed E-state index contributed by atoms with van der Waals surface area (Å²) in [5.74, 6) is -1.54. The first-order valence-corrected chi connectivity index (χ1v) is 11.5. The number of ether oxygens (including phenoxy) is 1. The van der Waals surface area contributed by atoms with Crippen LogP contribution in [0, 0.1) is 25.6 Å². The molecule has 0 unspecified atom stereocenters. The predicted molar refractivity (Wildman–Crippen MR) is 128 cm³/mol. The minimum atomic E-state index is -0.640. The monoisotopic (exact) mass is 478 g/mol. The van der Waals surface area contributed by atoms with Crippen LogP contribution in [0.2, 0.25) is 0 Å². The van der Waals surface area contributed by atoms with Crippen LogP contribution in [0.3, 0.4) is 0 Å². The molecular formula is C26H27FN4O4. The van der Waals surface area contributed by atoms with Crippen LogP contribution in [-0.4, -0.2) is 52.2 Å². The molecule has 1 N–H and O–H groups in total. The highest BCUT2D eigenvalue weighted by molar-refractivity contribution is 5.94. The molecule has 0 atom stereocenters. The van der Waals surface area contributed by atoms with E-state index in [1.165, 1.54) is 12.1 Å². The van der Waals surface area contributed by atoms with E-state index in [1.807, 2.05) is 30.3 Å². The van der Waals surface area contributed by atoms with Gasteiger partial charge in [0.1, 0.15) is 11.4 Å². The maximum atomic E-state index is 13.2. The van der Waals surface area contributed by atoms with Crippen LogP contribution < -0.4 is 5.32 Å². The van der Waals surface area contributed by atoms with E-state index in [1.54, 1.807) is 35.6 Å². The number of rotatable bonds is 6. The maximum absolute atomic E-state index is 13.2. The number of carbonyl (C=O) groups excluding carboxylic acids is 3. The van der Waals surface area contributed by atoms with Crippen molar-refractivity contribution < 1.29 is 23.5 Å². The highest BCUT2D eigenvalue weighted by atomic mass is 19.1. The predicted octanol–water partition coefficient (Wildman–Crippen LogP) is 3.66. The molecular weight excluding hydrogens is 451 g/mol. The topological polar surface area (TPSA) is 93.5 Å². The molecule has 0 spiro atoms. The Kier molecular flexibility index (Phi) is 7.24. The molecule has 35 heavy (non-hydrogen) atoms. The Morgan fingerprint density at radius 3 is 2.34 bits per heavy atom. The molecule has 1 fully saturated rings. The van der Waals surface area contributed by atoms with Gasteiger partial charge in [-0.25, -0.2) is 13.9 Å². The van der Waals surface area contributed by atoms with Gasteiger partial charge in [0.2, 0.25) is 5.91 Å². The average Bonchev–Trinajstić information content (AvgIpc) is 3.17. The number of halogens is 1. The largest absolute Gasteiger partial charge is 0.452 e. The van der Waals surface area contributed by atoms with E-state index in [-0.39, 0.29) is 35.7 Å². The van der Waals surface area contributed by atoms with Crippen molar-refractivity contribution in [1.29, 1.82) is 0 Å². The van der Waals surface area contributed by atoms with E-state index in [9.17, 15) is 18.8 Å². The molecule has 182 valence electrons. The molecule has 0 saturated carbocycles. The second kappa shape index (κ2) is 10.5. The van der Waals surface area contributed by atoms with Gasteiger partial charge in [-0.15, -0.1) is 0 Å².